The molecule has 30 heavy (non-hydrogen) atoms. The quantitative estimate of drug-likeness (QED) is 0.406. The number of carbonyl (C=O) groups excluding carboxylic acids is 5. The van der Waals surface area contributed by atoms with Gasteiger partial charge in [-0.1, -0.05) is 42.5 Å². The van der Waals surface area contributed by atoms with Crippen molar-refractivity contribution in [2.75, 3.05) is 6.54 Å². The lowest BCUT2D eigenvalue weighted by Crippen LogP contribution is -2.45. The van der Waals surface area contributed by atoms with E-state index in [1.54, 1.807) is 0 Å². The SMILES string of the molecule is C[C@@H](OC(=O)CN1C(=O)[C@H]2CC=CC[C@H]2C1=O)C(=O)NC(=O)NCc1ccccc1. The van der Waals surface area contributed by atoms with Crippen molar-refractivity contribution in [1.82, 2.24) is 15.5 Å². The van der Waals surface area contributed by atoms with E-state index >= 15 is 0 Å². The summed E-state index contributed by atoms with van der Waals surface area (Å²) in [4.78, 5) is 61.7. The number of likely N-dealkylation sites (tertiary alicyclic amines) is 1. The molecule has 1 aromatic rings. The number of imide groups is 2. The van der Waals surface area contributed by atoms with Gasteiger partial charge in [0.25, 0.3) is 5.91 Å². The van der Waals surface area contributed by atoms with Gasteiger partial charge in [-0.25, -0.2) is 4.79 Å². The van der Waals surface area contributed by atoms with Crippen LogP contribution in [0, 0.1) is 11.8 Å². The zero-order valence-corrected chi connectivity index (χ0v) is 16.5. The number of hydrogen-bond donors (Lipinski definition) is 2. The van der Waals surface area contributed by atoms with E-state index in [1.165, 1.54) is 6.92 Å². The Hall–Kier alpha value is -3.49. The molecule has 5 amide bonds. The van der Waals surface area contributed by atoms with Gasteiger partial charge in [0, 0.05) is 6.54 Å². The number of fused-ring (bicyclic) bond motifs is 1. The number of benzene rings is 1. The van der Waals surface area contributed by atoms with Crippen LogP contribution < -0.4 is 10.6 Å². The van der Waals surface area contributed by atoms with E-state index in [4.69, 9.17) is 4.74 Å². The Kier molecular flexibility index (Phi) is 6.61. The van der Waals surface area contributed by atoms with Crippen molar-refractivity contribution in [3.8, 4) is 0 Å². The molecular formula is C21H23N3O6. The molecule has 0 radical (unpaired) electrons. The molecule has 1 aromatic carbocycles. The molecule has 0 bridgehead atoms. The van der Waals surface area contributed by atoms with Gasteiger partial charge in [0.05, 0.1) is 11.8 Å². The van der Waals surface area contributed by atoms with Crippen molar-refractivity contribution in [3.05, 3.63) is 48.0 Å². The van der Waals surface area contributed by atoms with Gasteiger partial charge in [-0.15, -0.1) is 0 Å². The lowest BCUT2D eigenvalue weighted by Gasteiger charge is -2.17. The Morgan fingerprint density at radius 3 is 2.27 bits per heavy atom. The van der Waals surface area contributed by atoms with E-state index in [0.717, 1.165) is 10.5 Å². The number of ether oxygens (including phenoxy) is 1. The fourth-order valence-electron chi connectivity index (χ4n) is 3.48. The summed E-state index contributed by atoms with van der Waals surface area (Å²) >= 11 is 0. The van der Waals surface area contributed by atoms with Crippen molar-refractivity contribution >= 4 is 29.7 Å². The summed E-state index contributed by atoms with van der Waals surface area (Å²) in [7, 11) is 0. The maximum absolute atomic E-state index is 12.4. The van der Waals surface area contributed by atoms with Crippen LogP contribution in [0.4, 0.5) is 4.79 Å². The van der Waals surface area contributed by atoms with Crippen LogP contribution in [0.1, 0.15) is 25.3 Å². The summed E-state index contributed by atoms with van der Waals surface area (Å²) in [5.74, 6) is -3.39. The zero-order chi connectivity index (χ0) is 21.7. The van der Waals surface area contributed by atoms with Crippen molar-refractivity contribution in [2.45, 2.75) is 32.4 Å². The molecule has 1 heterocycles. The Bertz CT molecular complexity index is 856. The Balaban J connectivity index is 1.44. The molecule has 0 aromatic heterocycles. The average Bonchev–Trinajstić information content (AvgIpc) is 2.98. The first kappa shape index (κ1) is 21.2. The summed E-state index contributed by atoms with van der Waals surface area (Å²) < 4.78 is 5.00. The minimum atomic E-state index is -1.27. The highest BCUT2D eigenvalue weighted by atomic mass is 16.5. The number of amides is 5. The Morgan fingerprint density at radius 2 is 1.67 bits per heavy atom. The largest absolute Gasteiger partial charge is 0.451 e. The molecule has 1 aliphatic heterocycles. The number of nitrogens with one attached hydrogen (secondary N) is 2. The lowest BCUT2D eigenvalue weighted by molar-refractivity contribution is -0.159. The standard InChI is InChI=1S/C21H23N3O6/c1-13(18(26)23-21(29)22-11-14-7-3-2-4-8-14)30-17(25)12-24-19(27)15-9-5-6-10-16(15)20(24)28/h2-8,13,15-16H,9-12H2,1H3,(H2,22,23,26,29)/t13-,15-,16+/m1/s1. The molecular weight excluding hydrogens is 390 g/mol. The van der Waals surface area contributed by atoms with Crippen LogP contribution in [0.3, 0.4) is 0 Å². The molecule has 0 saturated carbocycles. The predicted molar refractivity (Wildman–Crippen MR) is 104 cm³/mol. The van der Waals surface area contributed by atoms with Gasteiger partial charge in [-0.3, -0.25) is 29.4 Å². The summed E-state index contributed by atoms with van der Waals surface area (Å²) in [5, 5.41) is 4.61. The molecule has 1 fully saturated rings. The highest BCUT2D eigenvalue weighted by Crippen LogP contribution is 2.34. The summed E-state index contributed by atoms with van der Waals surface area (Å²) in [5.41, 5.74) is 0.857. The number of rotatable bonds is 6. The zero-order valence-electron chi connectivity index (χ0n) is 16.5. The lowest BCUT2D eigenvalue weighted by atomic mass is 9.85. The topological polar surface area (TPSA) is 122 Å². The second-order valence-electron chi connectivity index (χ2n) is 7.21. The first-order chi connectivity index (χ1) is 14.4. The van der Waals surface area contributed by atoms with Crippen molar-refractivity contribution < 1.29 is 28.7 Å². The number of allylic oxidation sites excluding steroid dienone is 2. The molecule has 158 valence electrons. The molecule has 1 aliphatic carbocycles. The number of esters is 1. The van der Waals surface area contributed by atoms with Crippen LogP contribution in [-0.4, -0.2) is 47.3 Å². The van der Waals surface area contributed by atoms with E-state index in [1.807, 2.05) is 42.5 Å². The van der Waals surface area contributed by atoms with Gasteiger partial charge < -0.3 is 10.1 Å². The number of urea groups is 1. The minimum Gasteiger partial charge on any atom is -0.451 e. The van der Waals surface area contributed by atoms with Crippen molar-refractivity contribution in [2.24, 2.45) is 11.8 Å². The molecule has 2 N–H and O–H groups in total. The molecule has 0 unspecified atom stereocenters. The van der Waals surface area contributed by atoms with Crippen LogP contribution >= 0.6 is 0 Å². The molecule has 2 aliphatic rings. The van der Waals surface area contributed by atoms with Gasteiger partial charge in [0.15, 0.2) is 6.10 Å². The van der Waals surface area contributed by atoms with E-state index in [-0.39, 0.29) is 6.54 Å². The molecule has 0 spiro atoms. The van der Waals surface area contributed by atoms with Crippen LogP contribution in [0.25, 0.3) is 0 Å². The molecule has 9 nitrogen and oxygen atoms in total. The molecule has 3 rings (SSSR count). The van der Waals surface area contributed by atoms with Crippen LogP contribution in [-0.2, 0) is 30.5 Å². The van der Waals surface area contributed by atoms with E-state index in [0.29, 0.717) is 12.8 Å². The van der Waals surface area contributed by atoms with Crippen LogP contribution in [0.2, 0.25) is 0 Å². The fourth-order valence-corrected chi connectivity index (χ4v) is 3.48. The third-order valence-electron chi connectivity index (χ3n) is 5.10. The fraction of sp³-hybridized carbons (Fsp3) is 0.381. The first-order valence-electron chi connectivity index (χ1n) is 9.69. The number of carbonyl (C=O) groups is 5. The van der Waals surface area contributed by atoms with Gasteiger partial charge >= 0.3 is 12.0 Å². The van der Waals surface area contributed by atoms with Gasteiger partial charge in [-0.05, 0) is 25.3 Å². The normalized spacial score (nSPS) is 21.0. The third kappa shape index (κ3) is 4.91. The van der Waals surface area contributed by atoms with E-state index in [9.17, 15) is 24.0 Å². The monoisotopic (exact) mass is 413 g/mol. The van der Waals surface area contributed by atoms with Gasteiger partial charge in [0.1, 0.15) is 6.54 Å². The van der Waals surface area contributed by atoms with Crippen molar-refractivity contribution in [3.63, 3.8) is 0 Å². The maximum Gasteiger partial charge on any atom is 0.326 e. The molecule has 3 atom stereocenters. The number of nitrogens with zero attached hydrogens (tertiary/aromatic N) is 1. The van der Waals surface area contributed by atoms with E-state index < -0.39 is 54.2 Å². The van der Waals surface area contributed by atoms with E-state index in [2.05, 4.69) is 10.6 Å². The van der Waals surface area contributed by atoms with Crippen LogP contribution in [0.5, 0.6) is 0 Å². The molecule has 1 saturated heterocycles. The summed E-state index contributed by atoms with van der Waals surface area (Å²) in [6, 6.07) is 8.40. The number of hydrogen-bond acceptors (Lipinski definition) is 6. The highest BCUT2D eigenvalue weighted by molar-refractivity contribution is 6.07. The predicted octanol–water partition coefficient (Wildman–Crippen LogP) is 0.895. The second kappa shape index (κ2) is 9.34. The summed E-state index contributed by atoms with van der Waals surface area (Å²) in [6.07, 6.45) is 3.37. The Morgan fingerprint density at radius 1 is 1.07 bits per heavy atom. The smallest absolute Gasteiger partial charge is 0.326 e. The third-order valence-corrected chi connectivity index (χ3v) is 5.10. The molecule has 9 heteroatoms. The van der Waals surface area contributed by atoms with Gasteiger partial charge in [-0.2, -0.15) is 0 Å². The highest BCUT2D eigenvalue weighted by Gasteiger charge is 2.47. The van der Waals surface area contributed by atoms with Gasteiger partial charge in [0.2, 0.25) is 11.8 Å². The average molecular weight is 413 g/mol. The van der Waals surface area contributed by atoms with Crippen molar-refractivity contribution in [1.29, 1.82) is 0 Å². The minimum absolute atomic E-state index is 0.227. The van der Waals surface area contributed by atoms with Crippen LogP contribution in [0.15, 0.2) is 42.5 Å². The first-order valence-corrected chi connectivity index (χ1v) is 9.69. The maximum atomic E-state index is 12.4. The summed E-state index contributed by atoms with van der Waals surface area (Å²) in [6.45, 7) is 0.974. The second-order valence-corrected chi connectivity index (χ2v) is 7.21. The Labute approximate surface area is 173 Å².